The van der Waals surface area contributed by atoms with Gasteiger partial charge in [0.1, 0.15) is 11.4 Å². The number of anilines is 1. The third-order valence-corrected chi connectivity index (χ3v) is 6.80. The van der Waals surface area contributed by atoms with Crippen molar-refractivity contribution >= 4 is 16.7 Å². The van der Waals surface area contributed by atoms with Crippen LogP contribution in [0.15, 0.2) is 18.2 Å². The minimum absolute atomic E-state index is 0.532. The summed E-state index contributed by atoms with van der Waals surface area (Å²) >= 11 is 0. The van der Waals surface area contributed by atoms with E-state index in [1.807, 2.05) is 0 Å². The molecule has 5 heteroatoms. The number of rotatable bonds is 4. The Hall–Kier alpha value is -3.00. The number of pyridine rings is 1. The number of benzene rings is 1. The van der Waals surface area contributed by atoms with E-state index in [-0.39, 0.29) is 0 Å². The van der Waals surface area contributed by atoms with Crippen LogP contribution in [0.4, 0.5) is 5.69 Å². The number of piperidine rings is 1. The number of nitrogens with zero attached hydrogens (tertiary/aromatic N) is 4. The van der Waals surface area contributed by atoms with Gasteiger partial charge in [0.15, 0.2) is 0 Å². The monoisotopic (exact) mass is 416 g/mol. The zero-order valence-corrected chi connectivity index (χ0v) is 19.5. The Balaban J connectivity index is 1.88. The van der Waals surface area contributed by atoms with E-state index in [1.165, 1.54) is 39.1 Å². The predicted molar refractivity (Wildman–Crippen MR) is 128 cm³/mol. The van der Waals surface area contributed by atoms with Crippen LogP contribution < -0.4 is 9.64 Å². The maximum absolute atomic E-state index is 7.18. The second kappa shape index (κ2) is 8.26. The van der Waals surface area contributed by atoms with Crippen LogP contribution in [0.3, 0.4) is 0 Å². The molecule has 162 valence electrons. The molecule has 0 unspecified atom stereocenters. The summed E-state index contributed by atoms with van der Waals surface area (Å²) in [5, 5.41) is 1.25. The fourth-order valence-corrected chi connectivity index (χ4v) is 5.06. The van der Waals surface area contributed by atoms with Crippen molar-refractivity contribution in [2.24, 2.45) is 5.92 Å². The highest BCUT2D eigenvalue weighted by Crippen LogP contribution is 2.38. The third-order valence-electron chi connectivity index (χ3n) is 6.80. The number of fused-ring (bicyclic) bond motifs is 1. The van der Waals surface area contributed by atoms with Crippen molar-refractivity contribution in [2.75, 3.05) is 31.6 Å². The van der Waals surface area contributed by atoms with Gasteiger partial charge in [0, 0.05) is 41.5 Å². The Morgan fingerprint density at radius 2 is 1.71 bits per heavy atom. The molecule has 31 heavy (non-hydrogen) atoms. The zero-order valence-electron chi connectivity index (χ0n) is 19.5. The summed E-state index contributed by atoms with van der Waals surface area (Å²) in [5.74, 6) is 1.42. The van der Waals surface area contributed by atoms with E-state index in [4.69, 9.17) is 16.3 Å². The summed E-state index contributed by atoms with van der Waals surface area (Å²) in [4.78, 5) is 11.1. The topological polar surface area (TPSA) is 34.7 Å². The number of hydrogen-bond donors (Lipinski definition) is 0. The molecule has 3 heterocycles. The minimum atomic E-state index is 0.532. The zero-order chi connectivity index (χ0) is 22.3. The van der Waals surface area contributed by atoms with Gasteiger partial charge in [0.25, 0.3) is 0 Å². The summed E-state index contributed by atoms with van der Waals surface area (Å²) in [5.41, 5.74) is 9.42. The standard InChI is InChI=1S/C26H32N4O/c1-16-12-22(31-7)13-17(2)25(16)30-20(5)19(4)24-23(14-18(3)28-26(24)30)29-10-8-21(9-11-29)15-27-6/h12-14,21H,8-11,15H2,1-5,7H3. The SMILES string of the molecule is [C-]#[N+]CC1CCN(c2cc(C)nc3c2c(C)c(C)n3-c2c(C)cc(OC)cc2C)CC1. The molecule has 0 aliphatic carbocycles. The first-order chi connectivity index (χ1) is 14.8. The average Bonchev–Trinajstić information content (AvgIpc) is 2.98. The van der Waals surface area contributed by atoms with Gasteiger partial charge in [-0.2, -0.15) is 0 Å². The first kappa shape index (κ1) is 21.2. The second-order valence-electron chi connectivity index (χ2n) is 8.91. The van der Waals surface area contributed by atoms with Crippen molar-refractivity contribution < 1.29 is 4.74 Å². The Morgan fingerprint density at radius 1 is 1.06 bits per heavy atom. The number of aromatic nitrogens is 2. The van der Waals surface area contributed by atoms with Crippen LogP contribution in [-0.2, 0) is 0 Å². The van der Waals surface area contributed by atoms with Gasteiger partial charge < -0.3 is 14.5 Å². The van der Waals surface area contributed by atoms with Gasteiger partial charge in [-0.05, 0) is 82.3 Å². The first-order valence-corrected chi connectivity index (χ1v) is 11.1. The number of aryl methyl sites for hydroxylation is 4. The van der Waals surface area contributed by atoms with Crippen molar-refractivity contribution in [3.05, 3.63) is 57.7 Å². The first-order valence-electron chi connectivity index (χ1n) is 11.1. The fourth-order valence-electron chi connectivity index (χ4n) is 5.06. The molecule has 0 bridgehead atoms. The molecule has 0 N–H and O–H groups in total. The van der Waals surface area contributed by atoms with E-state index >= 15 is 0 Å². The van der Waals surface area contributed by atoms with Gasteiger partial charge in [-0.25, -0.2) is 11.6 Å². The summed E-state index contributed by atoms with van der Waals surface area (Å²) in [6, 6.07) is 6.44. The highest BCUT2D eigenvalue weighted by atomic mass is 16.5. The summed E-state index contributed by atoms with van der Waals surface area (Å²) in [6.45, 7) is 20.6. The molecule has 0 amide bonds. The highest BCUT2D eigenvalue weighted by molar-refractivity contribution is 5.96. The van der Waals surface area contributed by atoms with Crippen molar-refractivity contribution in [1.82, 2.24) is 9.55 Å². The normalized spacial score (nSPS) is 14.8. The lowest BCUT2D eigenvalue weighted by Gasteiger charge is -2.32. The number of ether oxygens (including phenoxy) is 1. The van der Waals surface area contributed by atoms with Gasteiger partial charge in [0.05, 0.1) is 12.8 Å². The Labute approximate surface area is 185 Å². The molecular formula is C26H32N4O. The van der Waals surface area contributed by atoms with Crippen molar-refractivity contribution in [1.29, 1.82) is 0 Å². The minimum Gasteiger partial charge on any atom is -0.497 e. The van der Waals surface area contributed by atoms with Gasteiger partial charge >= 0.3 is 0 Å². The maximum Gasteiger partial charge on any atom is 0.217 e. The molecule has 0 spiro atoms. The van der Waals surface area contributed by atoms with Crippen molar-refractivity contribution in [2.45, 2.75) is 47.5 Å². The molecule has 1 fully saturated rings. The summed E-state index contributed by atoms with van der Waals surface area (Å²) in [7, 11) is 1.72. The van der Waals surface area contributed by atoms with Crippen LogP contribution in [0.25, 0.3) is 21.6 Å². The Kier molecular flexibility index (Phi) is 5.66. The van der Waals surface area contributed by atoms with Crippen LogP contribution >= 0.6 is 0 Å². The molecule has 0 saturated carbocycles. The molecule has 1 aromatic carbocycles. The van der Waals surface area contributed by atoms with Gasteiger partial charge in [-0.1, -0.05) is 0 Å². The van der Waals surface area contributed by atoms with E-state index in [1.54, 1.807) is 7.11 Å². The Morgan fingerprint density at radius 3 is 2.29 bits per heavy atom. The van der Waals surface area contributed by atoms with E-state index in [9.17, 15) is 0 Å². The summed E-state index contributed by atoms with van der Waals surface area (Å²) < 4.78 is 7.81. The third kappa shape index (κ3) is 3.65. The fraction of sp³-hybridized carbons (Fsp3) is 0.462. The van der Waals surface area contributed by atoms with Crippen LogP contribution in [0.5, 0.6) is 5.75 Å². The molecule has 2 aromatic heterocycles. The van der Waals surface area contributed by atoms with Crippen LogP contribution in [-0.4, -0.2) is 36.3 Å². The average molecular weight is 417 g/mol. The van der Waals surface area contributed by atoms with Crippen LogP contribution in [0, 0.1) is 47.1 Å². The van der Waals surface area contributed by atoms with Crippen molar-refractivity contribution in [3.8, 4) is 11.4 Å². The van der Waals surface area contributed by atoms with Gasteiger partial charge in [-0.3, -0.25) is 4.57 Å². The van der Waals surface area contributed by atoms with E-state index in [0.29, 0.717) is 12.5 Å². The van der Waals surface area contributed by atoms with Gasteiger partial charge in [-0.15, -0.1) is 0 Å². The molecular weight excluding hydrogens is 384 g/mol. The predicted octanol–water partition coefficient (Wildman–Crippen LogP) is 5.71. The lowest BCUT2D eigenvalue weighted by atomic mass is 9.96. The van der Waals surface area contributed by atoms with Gasteiger partial charge in [0.2, 0.25) is 6.54 Å². The molecule has 3 aromatic rings. The highest BCUT2D eigenvalue weighted by Gasteiger charge is 2.26. The summed E-state index contributed by atoms with van der Waals surface area (Å²) in [6.07, 6.45) is 2.17. The lowest BCUT2D eigenvalue weighted by Crippen LogP contribution is -2.34. The second-order valence-corrected chi connectivity index (χ2v) is 8.91. The van der Waals surface area contributed by atoms with E-state index in [2.05, 4.69) is 67.1 Å². The molecule has 0 atom stereocenters. The lowest BCUT2D eigenvalue weighted by molar-refractivity contribution is 0.414. The van der Waals surface area contributed by atoms with Crippen molar-refractivity contribution in [3.63, 3.8) is 0 Å². The van der Waals surface area contributed by atoms with Crippen LogP contribution in [0.2, 0.25) is 0 Å². The molecule has 1 aliphatic heterocycles. The smallest absolute Gasteiger partial charge is 0.217 e. The largest absolute Gasteiger partial charge is 0.497 e. The molecule has 4 rings (SSSR count). The molecule has 1 aliphatic rings. The molecule has 5 nitrogen and oxygen atoms in total. The maximum atomic E-state index is 7.18. The quantitative estimate of drug-likeness (QED) is 0.511. The van der Waals surface area contributed by atoms with E-state index in [0.717, 1.165) is 43.0 Å². The number of methoxy groups -OCH3 is 1. The Bertz CT molecular complexity index is 1150. The molecule has 1 saturated heterocycles. The number of hydrogen-bond acceptors (Lipinski definition) is 3. The van der Waals surface area contributed by atoms with Crippen LogP contribution in [0.1, 0.15) is 40.9 Å². The molecule has 0 radical (unpaired) electrons. The van der Waals surface area contributed by atoms with E-state index < -0.39 is 0 Å².